The number of hydrogen-bond donors (Lipinski definition) is 2. The molecule has 0 spiro atoms. The number of carbonyl (C=O) groups is 1. The molecule has 0 aromatic heterocycles. The van der Waals surface area contributed by atoms with E-state index >= 15 is 0 Å². The highest BCUT2D eigenvalue weighted by Crippen LogP contribution is 2.28. The van der Waals surface area contributed by atoms with Crippen LogP contribution in [0.5, 0.6) is 0 Å². The number of carbonyl (C=O) groups excluding carboxylic acids is 1. The van der Waals surface area contributed by atoms with E-state index in [2.05, 4.69) is 17.3 Å². The average molecular weight is 283 g/mol. The zero-order chi connectivity index (χ0) is 14.4. The SMILES string of the molecule is CN1CCN(C(=O)CNCC2CCCCC2CO)CC1. The second-order valence-corrected chi connectivity index (χ2v) is 6.30. The Morgan fingerprint density at radius 2 is 1.80 bits per heavy atom. The van der Waals surface area contributed by atoms with Crippen LogP contribution in [0.4, 0.5) is 0 Å². The molecule has 1 aliphatic heterocycles. The summed E-state index contributed by atoms with van der Waals surface area (Å²) in [7, 11) is 2.10. The molecule has 1 saturated carbocycles. The van der Waals surface area contributed by atoms with Crippen LogP contribution in [-0.2, 0) is 4.79 Å². The number of rotatable bonds is 5. The van der Waals surface area contributed by atoms with Crippen molar-refractivity contribution in [3.63, 3.8) is 0 Å². The van der Waals surface area contributed by atoms with Gasteiger partial charge in [0, 0.05) is 32.8 Å². The molecule has 5 heteroatoms. The molecular formula is C15H29N3O2. The first-order chi connectivity index (χ1) is 9.70. The van der Waals surface area contributed by atoms with Crippen LogP contribution in [0.15, 0.2) is 0 Å². The van der Waals surface area contributed by atoms with Crippen LogP contribution in [0.3, 0.4) is 0 Å². The molecule has 0 aromatic rings. The van der Waals surface area contributed by atoms with Gasteiger partial charge in [0.1, 0.15) is 0 Å². The van der Waals surface area contributed by atoms with Crippen LogP contribution in [0.1, 0.15) is 25.7 Å². The summed E-state index contributed by atoms with van der Waals surface area (Å²) in [5.41, 5.74) is 0. The lowest BCUT2D eigenvalue weighted by Crippen LogP contribution is -2.50. The van der Waals surface area contributed by atoms with Gasteiger partial charge < -0.3 is 20.2 Å². The number of likely N-dealkylation sites (N-methyl/N-ethyl adjacent to an activating group) is 1. The lowest BCUT2D eigenvalue weighted by atomic mass is 9.79. The summed E-state index contributed by atoms with van der Waals surface area (Å²) in [6.45, 7) is 5.24. The van der Waals surface area contributed by atoms with Crippen molar-refractivity contribution >= 4 is 5.91 Å². The van der Waals surface area contributed by atoms with E-state index in [9.17, 15) is 9.90 Å². The Labute approximate surface area is 122 Å². The van der Waals surface area contributed by atoms with Gasteiger partial charge in [-0.25, -0.2) is 0 Å². The van der Waals surface area contributed by atoms with Crippen LogP contribution in [0.25, 0.3) is 0 Å². The smallest absolute Gasteiger partial charge is 0.236 e. The zero-order valence-corrected chi connectivity index (χ0v) is 12.7. The molecule has 1 aliphatic carbocycles. The van der Waals surface area contributed by atoms with E-state index in [0.29, 0.717) is 25.0 Å². The summed E-state index contributed by atoms with van der Waals surface area (Å²) < 4.78 is 0. The summed E-state index contributed by atoms with van der Waals surface area (Å²) in [5, 5.41) is 12.7. The Bertz CT molecular complexity index is 303. The maximum atomic E-state index is 12.1. The minimum atomic E-state index is 0.217. The number of aliphatic hydroxyl groups excluding tert-OH is 1. The average Bonchev–Trinajstić information content (AvgIpc) is 2.48. The second-order valence-electron chi connectivity index (χ2n) is 6.30. The topological polar surface area (TPSA) is 55.8 Å². The van der Waals surface area contributed by atoms with Gasteiger partial charge in [-0.15, -0.1) is 0 Å². The standard InChI is InChI=1S/C15H29N3O2/c1-17-6-8-18(9-7-17)15(20)11-16-10-13-4-2-3-5-14(13)12-19/h13-14,16,19H,2-12H2,1H3. The molecule has 1 amide bonds. The monoisotopic (exact) mass is 283 g/mol. The Morgan fingerprint density at radius 3 is 2.45 bits per heavy atom. The fourth-order valence-corrected chi connectivity index (χ4v) is 3.33. The van der Waals surface area contributed by atoms with Gasteiger partial charge in [0.15, 0.2) is 0 Å². The van der Waals surface area contributed by atoms with E-state index in [1.54, 1.807) is 0 Å². The van der Waals surface area contributed by atoms with Crippen LogP contribution >= 0.6 is 0 Å². The van der Waals surface area contributed by atoms with Gasteiger partial charge in [-0.3, -0.25) is 4.79 Å². The first-order valence-electron chi connectivity index (χ1n) is 7.98. The zero-order valence-electron chi connectivity index (χ0n) is 12.7. The van der Waals surface area contributed by atoms with Gasteiger partial charge in [0.05, 0.1) is 6.54 Å². The number of aliphatic hydroxyl groups is 1. The van der Waals surface area contributed by atoms with E-state index in [0.717, 1.165) is 39.1 Å². The van der Waals surface area contributed by atoms with Crippen molar-refractivity contribution in [2.75, 3.05) is 52.9 Å². The Balaban J connectivity index is 1.65. The largest absolute Gasteiger partial charge is 0.396 e. The highest BCUT2D eigenvalue weighted by molar-refractivity contribution is 5.78. The Morgan fingerprint density at radius 1 is 1.15 bits per heavy atom. The fraction of sp³-hybridized carbons (Fsp3) is 0.933. The quantitative estimate of drug-likeness (QED) is 0.754. The first-order valence-corrected chi connectivity index (χ1v) is 7.98. The van der Waals surface area contributed by atoms with Crippen molar-refractivity contribution in [2.45, 2.75) is 25.7 Å². The molecule has 2 unspecified atom stereocenters. The molecular weight excluding hydrogens is 254 g/mol. The van der Waals surface area contributed by atoms with Crippen LogP contribution in [-0.4, -0.2) is 73.7 Å². The third kappa shape index (κ3) is 4.43. The molecule has 0 aromatic carbocycles. The highest BCUT2D eigenvalue weighted by Gasteiger charge is 2.24. The molecule has 2 rings (SSSR count). The normalized spacial score (nSPS) is 28.6. The molecule has 20 heavy (non-hydrogen) atoms. The number of nitrogens with zero attached hydrogens (tertiary/aromatic N) is 2. The molecule has 2 atom stereocenters. The van der Waals surface area contributed by atoms with E-state index in [1.807, 2.05) is 4.90 Å². The van der Waals surface area contributed by atoms with Crippen molar-refractivity contribution < 1.29 is 9.90 Å². The fourth-order valence-electron chi connectivity index (χ4n) is 3.33. The number of hydrogen-bond acceptors (Lipinski definition) is 4. The molecule has 0 radical (unpaired) electrons. The van der Waals surface area contributed by atoms with Crippen molar-refractivity contribution in [3.8, 4) is 0 Å². The van der Waals surface area contributed by atoms with Gasteiger partial charge in [0.25, 0.3) is 0 Å². The molecule has 2 fully saturated rings. The van der Waals surface area contributed by atoms with Crippen molar-refractivity contribution in [3.05, 3.63) is 0 Å². The van der Waals surface area contributed by atoms with Gasteiger partial charge >= 0.3 is 0 Å². The minimum absolute atomic E-state index is 0.217. The van der Waals surface area contributed by atoms with E-state index < -0.39 is 0 Å². The lowest BCUT2D eigenvalue weighted by molar-refractivity contribution is -0.131. The summed E-state index contributed by atoms with van der Waals surface area (Å²) in [6.07, 6.45) is 4.81. The van der Waals surface area contributed by atoms with Gasteiger partial charge in [-0.2, -0.15) is 0 Å². The molecule has 1 saturated heterocycles. The second kappa shape index (κ2) is 7.96. The molecule has 2 N–H and O–H groups in total. The summed E-state index contributed by atoms with van der Waals surface area (Å²) in [6, 6.07) is 0. The van der Waals surface area contributed by atoms with Crippen LogP contribution < -0.4 is 5.32 Å². The molecule has 116 valence electrons. The van der Waals surface area contributed by atoms with Crippen LogP contribution in [0, 0.1) is 11.8 Å². The predicted molar refractivity (Wildman–Crippen MR) is 79.5 cm³/mol. The van der Waals surface area contributed by atoms with Crippen LogP contribution in [0.2, 0.25) is 0 Å². The van der Waals surface area contributed by atoms with E-state index in [1.165, 1.54) is 19.3 Å². The van der Waals surface area contributed by atoms with Crippen molar-refractivity contribution in [1.82, 2.24) is 15.1 Å². The maximum absolute atomic E-state index is 12.1. The highest BCUT2D eigenvalue weighted by atomic mass is 16.3. The van der Waals surface area contributed by atoms with Gasteiger partial charge in [-0.05, 0) is 38.3 Å². The summed E-state index contributed by atoms with van der Waals surface area (Å²) in [4.78, 5) is 16.3. The summed E-state index contributed by atoms with van der Waals surface area (Å²) in [5.74, 6) is 1.18. The summed E-state index contributed by atoms with van der Waals surface area (Å²) >= 11 is 0. The number of nitrogens with one attached hydrogen (secondary N) is 1. The Kier molecular flexibility index (Phi) is 6.26. The van der Waals surface area contributed by atoms with Crippen molar-refractivity contribution in [1.29, 1.82) is 0 Å². The molecule has 1 heterocycles. The third-order valence-electron chi connectivity index (χ3n) is 4.84. The molecule has 2 aliphatic rings. The van der Waals surface area contributed by atoms with Gasteiger partial charge in [0.2, 0.25) is 5.91 Å². The number of piperazine rings is 1. The maximum Gasteiger partial charge on any atom is 0.236 e. The third-order valence-corrected chi connectivity index (χ3v) is 4.84. The van der Waals surface area contributed by atoms with E-state index in [-0.39, 0.29) is 5.91 Å². The van der Waals surface area contributed by atoms with Gasteiger partial charge in [-0.1, -0.05) is 12.8 Å². The van der Waals surface area contributed by atoms with E-state index in [4.69, 9.17) is 0 Å². The Hall–Kier alpha value is -0.650. The first kappa shape index (κ1) is 15.7. The van der Waals surface area contributed by atoms with Crippen molar-refractivity contribution in [2.24, 2.45) is 11.8 Å². The minimum Gasteiger partial charge on any atom is -0.396 e. The lowest BCUT2D eigenvalue weighted by Gasteiger charge is -2.33. The molecule has 5 nitrogen and oxygen atoms in total. The molecule has 0 bridgehead atoms. The number of amides is 1. The predicted octanol–water partition coefficient (Wildman–Crippen LogP) is 0.149.